The third-order valence-electron chi connectivity index (χ3n) is 6.61. The molecule has 0 spiro atoms. The van der Waals surface area contributed by atoms with Crippen molar-refractivity contribution in [3.8, 4) is 0 Å². The van der Waals surface area contributed by atoms with Gasteiger partial charge in [-0.3, -0.25) is 0 Å². The Kier molecular flexibility index (Phi) is 5.74. The standard InChI is InChI=1S/C22H34N4O/c1-18-10-12-24(13-11-18)20-6-8-21(9-7-20)25-14-16-26(17-15-25)22(27)23-19-4-2-3-5-19/h6-9,18-19H,2-5,10-17H2,1H3,(H,23,27). The maximum atomic E-state index is 12.4. The molecule has 4 rings (SSSR count). The van der Waals surface area contributed by atoms with Crippen LogP contribution in [-0.2, 0) is 0 Å². The lowest BCUT2D eigenvalue weighted by atomic mass is 9.99. The molecule has 3 aliphatic rings. The first-order chi connectivity index (χ1) is 13.2. The summed E-state index contributed by atoms with van der Waals surface area (Å²) in [5, 5.41) is 3.21. The van der Waals surface area contributed by atoms with Gasteiger partial charge in [-0.05, 0) is 55.9 Å². The second-order valence-corrected chi connectivity index (χ2v) is 8.59. The third kappa shape index (κ3) is 4.50. The van der Waals surface area contributed by atoms with Crippen LogP contribution in [0.25, 0.3) is 0 Å². The van der Waals surface area contributed by atoms with E-state index in [1.54, 1.807) is 0 Å². The van der Waals surface area contributed by atoms with Crippen molar-refractivity contribution in [1.82, 2.24) is 10.2 Å². The van der Waals surface area contributed by atoms with Crippen LogP contribution >= 0.6 is 0 Å². The van der Waals surface area contributed by atoms with E-state index >= 15 is 0 Å². The molecule has 0 atom stereocenters. The van der Waals surface area contributed by atoms with E-state index in [1.807, 2.05) is 4.90 Å². The maximum Gasteiger partial charge on any atom is 0.317 e. The number of hydrogen-bond acceptors (Lipinski definition) is 3. The summed E-state index contributed by atoms with van der Waals surface area (Å²) in [6, 6.07) is 9.58. The minimum atomic E-state index is 0.135. The smallest absolute Gasteiger partial charge is 0.317 e. The van der Waals surface area contributed by atoms with Gasteiger partial charge in [0.15, 0.2) is 0 Å². The van der Waals surface area contributed by atoms with E-state index < -0.39 is 0 Å². The molecule has 1 saturated carbocycles. The fourth-order valence-corrected chi connectivity index (χ4v) is 4.64. The van der Waals surface area contributed by atoms with Crippen LogP contribution in [-0.4, -0.2) is 56.2 Å². The normalized spacial score (nSPS) is 22.3. The molecule has 0 unspecified atom stereocenters. The third-order valence-corrected chi connectivity index (χ3v) is 6.61. The van der Waals surface area contributed by atoms with Crippen molar-refractivity contribution in [2.24, 2.45) is 5.92 Å². The van der Waals surface area contributed by atoms with Gasteiger partial charge in [-0.1, -0.05) is 19.8 Å². The summed E-state index contributed by atoms with van der Waals surface area (Å²) in [5.41, 5.74) is 2.63. The van der Waals surface area contributed by atoms with E-state index in [9.17, 15) is 4.79 Å². The van der Waals surface area contributed by atoms with Crippen LogP contribution in [0.2, 0.25) is 0 Å². The van der Waals surface area contributed by atoms with Crippen LogP contribution in [0.1, 0.15) is 45.4 Å². The second kappa shape index (κ2) is 8.41. The van der Waals surface area contributed by atoms with Gasteiger partial charge < -0.3 is 20.0 Å². The Hall–Kier alpha value is -1.91. The summed E-state index contributed by atoms with van der Waals surface area (Å²) in [5.74, 6) is 0.864. The van der Waals surface area contributed by atoms with Crippen LogP contribution < -0.4 is 15.1 Å². The number of carbonyl (C=O) groups is 1. The van der Waals surface area contributed by atoms with Gasteiger partial charge in [0, 0.05) is 56.7 Å². The molecule has 1 aromatic carbocycles. The van der Waals surface area contributed by atoms with Crippen molar-refractivity contribution in [3.05, 3.63) is 24.3 Å². The van der Waals surface area contributed by atoms with Crippen molar-refractivity contribution in [3.63, 3.8) is 0 Å². The lowest BCUT2D eigenvalue weighted by molar-refractivity contribution is 0.190. The van der Waals surface area contributed by atoms with Gasteiger partial charge in [-0.25, -0.2) is 4.79 Å². The average Bonchev–Trinajstić information content (AvgIpc) is 3.22. The molecular formula is C22H34N4O. The second-order valence-electron chi connectivity index (χ2n) is 8.59. The Bertz CT molecular complexity index is 610. The number of urea groups is 1. The number of hydrogen-bond donors (Lipinski definition) is 1. The molecule has 0 radical (unpaired) electrons. The SMILES string of the molecule is CC1CCN(c2ccc(N3CCN(C(=O)NC4CCCC4)CC3)cc2)CC1. The monoisotopic (exact) mass is 370 g/mol. The molecule has 2 aliphatic heterocycles. The first-order valence-corrected chi connectivity index (χ1v) is 10.8. The molecule has 0 bridgehead atoms. The van der Waals surface area contributed by atoms with E-state index in [0.717, 1.165) is 44.9 Å². The van der Waals surface area contributed by atoms with Crippen molar-refractivity contribution in [2.45, 2.75) is 51.5 Å². The molecule has 5 heteroatoms. The number of benzene rings is 1. The number of rotatable bonds is 3. The van der Waals surface area contributed by atoms with Crippen LogP contribution in [0.4, 0.5) is 16.2 Å². The van der Waals surface area contributed by atoms with Gasteiger partial charge in [-0.2, -0.15) is 0 Å². The van der Waals surface area contributed by atoms with Crippen molar-refractivity contribution in [1.29, 1.82) is 0 Å². The molecule has 27 heavy (non-hydrogen) atoms. The Morgan fingerprint density at radius 3 is 1.89 bits per heavy atom. The number of piperidine rings is 1. The first kappa shape index (κ1) is 18.5. The van der Waals surface area contributed by atoms with E-state index in [1.165, 1.54) is 50.1 Å². The maximum absolute atomic E-state index is 12.4. The number of piperazine rings is 1. The zero-order valence-corrected chi connectivity index (χ0v) is 16.7. The Morgan fingerprint density at radius 2 is 1.33 bits per heavy atom. The van der Waals surface area contributed by atoms with Gasteiger partial charge in [0.05, 0.1) is 0 Å². The molecule has 2 saturated heterocycles. The number of carbonyl (C=O) groups excluding carboxylic acids is 1. The number of nitrogens with one attached hydrogen (secondary N) is 1. The summed E-state index contributed by atoms with van der Waals surface area (Å²) in [6.07, 6.45) is 7.40. The van der Waals surface area contributed by atoms with Crippen molar-refractivity contribution < 1.29 is 4.79 Å². The summed E-state index contributed by atoms with van der Waals surface area (Å²) < 4.78 is 0. The van der Waals surface area contributed by atoms with Gasteiger partial charge in [-0.15, -0.1) is 0 Å². The minimum Gasteiger partial charge on any atom is -0.372 e. The van der Waals surface area contributed by atoms with E-state index in [-0.39, 0.29) is 6.03 Å². The zero-order valence-electron chi connectivity index (χ0n) is 16.7. The Labute approximate surface area is 163 Å². The highest BCUT2D eigenvalue weighted by Crippen LogP contribution is 2.26. The average molecular weight is 371 g/mol. The topological polar surface area (TPSA) is 38.8 Å². The summed E-state index contributed by atoms with van der Waals surface area (Å²) in [6.45, 7) is 8.16. The molecule has 2 amide bonds. The molecule has 1 aliphatic carbocycles. The fourth-order valence-electron chi connectivity index (χ4n) is 4.64. The Balaban J connectivity index is 1.27. The highest BCUT2D eigenvalue weighted by molar-refractivity contribution is 5.75. The molecule has 2 heterocycles. The largest absolute Gasteiger partial charge is 0.372 e. The molecular weight excluding hydrogens is 336 g/mol. The molecule has 148 valence electrons. The van der Waals surface area contributed by atoms with Crippen LogP contribution in [0.3, 0.4) is 0 Å². The lowest BCUT2D eigenvalue weighted by Crippen LogP contribution is -2.53. The molecule has 1 aromatic rings. The van der Waals surface area contributed by atoms with E-state index in [0.29, 0.717) is 6.04 Å². The zero-order chi connectivity index (χ0) is 18.6. The van der Waals surface area contributed by atoms with Crippen LogP contribution in [0, 0.1) is 5.92 Å². The lowest BCUT2D eigenvalue weighted by Gasteiger charge is -2.37. The predicted molar refractivity (Wildman–Crippen MR) is 112 cm³/mol. The quantitative estimate of drug-likeness (QED) is 0.882. The summed E-state index contributed by atoms with van der Waals surface area (Å²) >= 11 is 0. The molecule has 1 N–H and O–H groups in total. The number of anilines is 2. The van der Waals surface area contributed by atoms with Crippen molar-refractivity contribution in [2.75, 3.05) is 49.1 Å². The van der Waals surface area contributed by atoms with E-state index in [2.05, 4.69) is 46.3 Å². The van der Waals surface area contributed by atoms with Crippen molar-refractivity contribution >= 4 is 17.4 Å². The van der Waals surface area contributed by atoms with Gasteiger partial charge in [0.2, 0.25) is 0 Å². The number of nitrogens with zero attached hydrogens (tertiary/aromatic N) is 3. The highest BCUT2D eigenvalue weighted by atomic mass is 16.2. The predicted octanol–water partition coefficient (Wildman–Crippen LogP) is 3.70. The van der Waals surface area contributed by atoms with E-state index in [4.69, 9.17) is 0 Å². The highest BCUT2D eigenvalue weighted by Gasteiger charge is 2.24. The molecule has 3 fully saturated rings. The molecule has 5 nitrogen and oxygen atoms in total. The minimum absolute atomic E-state index is 0.135. The summed E-state index contributed by atoms with van der Waals surface area (Å²) in [4.78, 5) is 19.3. The van der Waals surface area contributed by atoms with Gasteiger partial charge >= 0.3 is 6.03 Å². The fraction of sp³-hybridized carbons (Fsp3) is 0.682. The number of amides is 2. The van der Waals surface area contributed by atoms with Crippen LogP contribution in [0.15, 0.2) is 24.3 Å². The van der Waals surface area contributed by atoms with Gasteiger partial charge in [0.25, 0.3) is 0 Å². The molecule has 0 aromatic heterocycles. The van der Waals surface area contributed by atoms with Gasteiger partial charge in [0.1, 0.15) is 0 Å². The Morgan fingerprint density at radius 1 is 0.815 bits per heavy atom. The van der Waals surface area contributed by atoms with Crippen LogP contribution in [0.5, 0.6) is 0 Å². The first-order valence-electron chi connectivity index (χ1n) is 10.8. The summed E-state index contributed by atoms with van der Waals surface area (Å²) in [7, 11) is 0.